The maximum absolute atomic E-state index is 11.5. The van der Waals surface area contributed by atoms with Crippen LogP contribution in [0.25, 0.3) is 22.2 Å². The average molecular weight is 482 g/mol. The summed E-state index contributed by atoms with van der Waals surface area (Å²) in [6.07, 6.45) is 1.12. The number of aryl methyl sites for hydroxylation is 1. The van der Waals surface area contributed by atoms with E-state index in [1.807, 2.05) is 37.3 Å². The number of sulfonamides is 1. The van der Waals surface area contributed by atoms with Gasteiger partial charge in [0, 0.05) is 56.4 Å². The Morgan fingerprint density at radius 2 is 1.79 bits per heavy atom. The van der Waals surface area contributed by atoms with Gasteiger partial charge in [0.15, 0.2) is 0 Å². The number of nitriles is 1. The van der Waals surface area contributed by atoms with Crippen LogP contribution >= 0.6 is 0 Å². The second-order valence-electron chi connectivity index (χ2n) is 8.70. The third-order valence-electron chi connectivity index (χ3n) is 6.20. The van der Waals surface area contributed by atoms with Gasteiger partial charge in [-0.15, -0.1) is 0 Å². The van der Waals surface area contributed by atoms with Crippen molar-refractivity contribution >= 4 is 26.6 Å². The predicted octanol–water partition coefficient (Wildman–Crippen LogP) is 3.20. The lowest BCUT2D eigenvalue weighted by Crippen LogP contribution is -2.45. The van der Waals surface area contributed by atoms with Gasteiger partial charge in [0.2, 0.25) is 10.0 Å². The fourth-order valence-electron chi connectivity index (χ4n) is 4.44. The molecule has 1 aliphatic heterocycles. The van der Waals surface area contributed by atoms with Crippen molar-refractivity contribution in [3.8, 4) is 23.1 Å². The number of hydrogen-bond acceptors (Lipinski definition) is 6. The van der Waals surface area contributed by atoms with Gasteiger partial charge in [-0.05, 0) is 43.8 Å². The van der Waals surface area contributed by atoms with Crippen LogP contribution in [0, 0.1) is 11.3 Å². The molecule has 8 nitrogen and oxygen atoms in total. The Bertz CT molecular complexity index is 1300. The summed E-state index contributed by atoms with van der Waals surface area (Å²) in [7, 11) is -1.20. The summed E-state index contributed by atoms with van der Waals surface area (Å²) in [5.74, 6) is 0.789. The third kappa shape index (κ3) is 5.36. The number of hydrogen-bond donors (Lipinski definition) is 1. The van der Waals surface area contributed by atoms with Crippen LogP contribution in [0.3, 0.4) is 0 Å². The van der Waals surface area contributed by atoms with Crippen LogP contribution in [0.2, 0.25) is 0 Å². The Balaban J connectivity index is 1.59. The van der Waals surface area contributed by atoms with Crippen molar-refractivity contribution in [1.29, 1.82) is 5.26 Å². The number of aromatic nitrogens is 1. The number of likely N-dealkylation sites (N-methyl/N-ethyl adjacent to an activating group) is 1. The second kappa shape index (κ2) is 10.1. The highest BCUT2D eigenvalue weighted by Crippen LogP contribution is 2.35. The number of piperazine rings is 1. The fraction of sp³-hybridized carbons (Fsp3) is 0.400. The minimum atomic E-state index is -3.35. The zero-order valence-corrected chi connectivity index (χ0v) is 20.7. The molecule has 0 radical (unpaired) electrons. The Kier molecular flexibility index (Phi) is 7.12. The molecule has 0 atom stereocenters. The van der Waals surface area contributed by atoms with Gasteiger partial charge in [-0.3, -0.25) is 9.62 Å². The van der Waals surface area contributed by atoms with Crippen molar-refractivity contribution in [2.75, 3.05) is 57.4 Å². The molecule has 0 aliphatic carbocycles. The van der Waals surface area contributed by atoms with E-state index in [1.54, 1.807) is 12.1 Å². The molecule has 9 heteroatoms. The molecule has 0 bridgehead atoms. The van der Waals surface area contributed by atoms with E-state index < -0.39 is 10.0 Å². The first-order valence-electron chi connectivity index (χ1n) is 11.5. The molecule has 1 aromatic heterocycles. The maximum Gasteiger partial charge on any atom is 0.229 e. The molecule has 1 N–H and O–H groups in total. The molecule has 1 fully saturated rings. The van der Waals surface area contributed by atoms with Crippen LogP contribution in [0.15, 0.2) is 42.5 Å². The van der Waals surface area contributed by atoms with Gasteiger partial charge in [0.1, 0.15) is 18.4 Å². The van der Waals surface area contributed by atoms with E-state index >= 15 is 0 Å². The topological polar surface area (TPSA) is 90.6 Å². The van der Waals surface area contributed by atoms with E-state index in [2.05, 4.69) is 32.2 Å². The van der Waals surface area contributed by atoms with Crippen molar-refractivity contribution in [2.45, 2.75) is 13.5 Å². The summed E-state index contributed by atoms with van der Waals surface area (Å²) >= 11 is 0. The average Bonchev–Trinajstić information content (AvgIpc) is 3.12. The summed E-state index contributed by atoms with van der Waals surface area (Å²) in [6, 6.07) is 15.3. The number of nitrogens with one attached hydrogen (secondary N) is 1. The van der Waals surface area contributed by atoms with E-state index in [9.17, 15) is 13.7 Å². The van der Waals surface area contributed by atoms with Gasteiger partial charge in [-0.25, -0.2) is 8.42 Å². The molecule has 2 aromatic carbocycles. The van der Waals surface area contributed by atoms with Crippen LogP contribution in [-0.4, -0.2) is 75.4 Å². The molecule has 34 heavy (non-hydrogen) atoms. The van der Waals surface area contributed by atoms with Crippen LogP contribution in [0.1, 0.15) is 12.5 Å². The molecular weight excluding hydrogens is 450 g/mol. The van der Waals surface area contributed by atoms with Crippen LogP contribution < -0.4 is 9.46 Å². The van der Waals surface area contributed by atoms with Gasteiger partial charge in [-0.1, -0.05) is 12.1 Å². The Hall–Kier alpha value is -3.06. The molecule has 0 spiro atoms. The van der Waals surface area contributed by atoms with E-state index in [0.29, 0.717) is 24.4 Å². The van der Waals surface area contributed by atoms with Gasteiger partial charge in [0.25, 0.3) is 0 Å². The Labute approximate surface area is 201 Å². The lowest BCUT2D eigenvalue weighted by atomic mass is 10.1. The van der Waals surface area contributed by atoms with Crippen LogP contribution in [0.5, 0.6) is 5.75 Å². The largest absolute Gasteiger partial charge is 0.492 e. The van der Waals surface area contributed by atoms with E-state index in [1.165, 1.54) is 0 Å². The van der Waals surface area contributed by atoms with Crippen LogP contribution in [-0.2, 0) is 16.6 Å². The quantitative estimate of drug-likeness (QED) is 0.531. The standard InChI is InChI=1S/C25H31N5O3S/c1-4-30-24-17-21(33-16-15-29-13-11-28(2)12-14-29)9-10-22(24)23(18-26)25(30)19-5-7-20(8-6-19)27-34(3,31)32/h5-10,17,27H,4,11-16H2,1-3H3. The van der Waals surface area contributed by atoms with E-state index in [-0.39, 0.29) is 0 Å². The molecule has 0 saturated carbocycles. The third-order valence-corrected chi connectivity index (χ3v) is 6.80. The number of fused-ring (bicyclic) bond motifs is 1. The molecule has 0 amide bonds. The monoisotopic (exact) mass is 481 g/mol. The number of benzene rings is 2. The Morgan fingerprint density at radius 1 is 1.09 bits per heavy atom. The van der Waals surface area contributed by atoms with E-state index in [4.69, 9.17) is 4.74 Å². The second-order valence-corrected chi connectivity index (χ2v) is 10.5. The van der Waals surface area contributed by atoms with Gasteiger partial charge < -0.3 is 14.2 Å². The highest BCUT2D eigenvalue weighted by Gasteiger charge is 2.19. The summed E-state index contributed by atoms with van der Waals surface area (Å²) in [5.41, 5.74) is 3.71. The van der Waals surface area contributed by atoms with Crippen molar-refractivity contribution in [2.24, 2.45) is 0 Å². The first-order valence-corrected chi connectivity index (χ1v) is 13.4. The normalized spacial score (nSPS) is 15.4. The summed E-state index contributed by atoms with van der Waals surface area (Å²) < 4.78 is 33.7. The number of nitrogens with zero attached hydrogens (tertiary/aromatic N) is 4. The summed E-state index contributed by atoms with van der Waals surface area (Å²) in [4.78, 5) is 4.76. The van der Waals surface area contributed by atoms with Crippen molar-refractivity contribution in [1.82, 2.24) is 14.4 Å². The van der Waals surface area contributed by atoms with Crippen LogP contribution in [0.4, 0.5) is 5.69 Å². The first kappa shape index (κ1) is 24.1. The predicted molar refractivity (Wildman–Crippen MR) is 136 cm³/mol. The smallest absolute Gasteiger partial charge is 0.229 e. The zero-order chi connectivity index (χ0) is 24.3. The Morgan fingerprint density at radius 3 is 2.41 bits per heavy atom. The molecule has 1 saturated heterocycles. The first-order chi connectivity index (χ1) is 16.3. The van der Waals surface area contributed by atoms with Gasteiger partial charge >= 0.3 is 0 Å². The van der Waals surface area contributed by atoms with Crippen molar-refractivity contribution in [3.63, 3.8) is 0 Å². The molecule has 3 aromatic rings. The fourth-order valence-corrected chi connectivity index (χ4v) is 5.00. The van der Waals surface area contributed by atoms with Gasteiger partial charge in [0.05, 0.1) is 23.0 Å². The van der Waals surface area contributed by atoms with Crippen molar-refractivity contribution < 1.29 is 13.2 Å². The molecule has 0 unspecified atom stereocenters. The number of anilines is 1. The molecule has 1 aliphatic rings. The van der Waals surface area contributed by atoms with Gasteiger partial charge in [-0.2, -0.15) is 5.26 Å². The highest BCUT2D eigenvalue weighted by atomic mass is 32.2. The van der Waals surface area contributed by atoms with Crippen molar-refractivity contribution in [3.05, 3.63) is 48.0 Å². The lowest BCUT2D eigenvalue weighted by Gasteiger charge is -2.32. The highest BCUT2D eigenvalue weighted by molar-refractivity contribution is 7.92. The SMILES string of the molecule is CCn1c(-c2ccc(NS(C)(=O)=O)cc2)c(C#N)c2ccc(OCCN3CCN(C)CC3)cc21. The van der Waals surface area contributed by atoms with E-state index in [0.717, 1.165) is 66.9 Å². The minimum Gasteiger partial charge on any atom is -0.492 e. The zero-order valence-electron chi connectivity index (χ0n) is 19.9. The summed E-state index contributed by atoms with van der Waals surface area (Å²) in [5, 5.41) is 10.9. The molecule has 4 rings (SSSR count). The lowest BCUT2D eigenvalue weighted by molar-refractivity contribution is 0.134. The maximum atomic E-state index is 11.5. The minimum absolute atomic E-state index is 0.486. The molecule has 180 valence electrons. The molecule has 2 heterocycles. The number of rotatable bonds is 8. The summed E-state index contributed by atoms with van der Waals surface area (Å²) in [6.45, 7) is 8.53. The molecular formula is C25H31N5O3S. The number of ether oxygens (including phenoxy) is 1.